The van der Waals surface area contributed by atoms with Gasteiger partial charge in [0.05, 0.1) is 11.9 Å². The van der Waals surface area contributed by atoms with E-state index in [0.717, 1.165) is 37.7 Å². The van der Waals surface area contributed by atoms with Crippen LogP contribution in [-0.2, 0) is 19.1 Å². The first kappa shape index (κ1) is 19.8. The second kappa shape index (κ2) is 6.81. The molecule has 4 unspecified atom stereocenters. The predicted molar refractivity (Wildman–Crippen MR) is 104 cm³/mol. The van der Waals surface area contributed by atoms with Crippen molar-refractivity contribution in [2.75, 3.05) is 0 Å². The second-order valence-electron chi connectivity index (χ2n) is 9.77. The Morgan fingerprint density at radius 3 is 2.57 bits per heavy atom. The van der Waals surface area contributed by atoms with Crippen molar-refractivity contribution in [3.8, 4) is 0 Å². The third-order valence-electron chi connectivity index (χ3n) is 8.22. The highest BCUT2D eigenvalue weighted by atomic mass is 16.8. The van der Waals surface area contributed by atoms with E-state index in [1.165, 1.54) is 0 Å². The summed E-state index contributed by atoms with van der Waals surface area (Å²) in [4.78, 5) is 25.7. The number of aliphatic hydroxyl groups is 1. The van der Waals surface area contributed by atoms with Gasteiger partial charge in [-0.25, -0.2) is 0 Å². The molecule has 0 aromatic heterocycles. The molecule has 5 nitrogen and oxygen atoms in total. The molecule has 0 radical (unpaired) electrons. The van der Waals surface area contributed by atoms with E-state index in [0.29, 0.717) is 30.3 Å². The lowest BCUT2D eigenvalue weighted by Gasteiger charge is -2.56. The SMILES string of the molecule is C=C(C)OC(O)O[C@H]1CC[C@@]2(C)C(=CC(=O)C3C2CC[C@]2(C)C(=O)CCC32)C1. The van der Waals surface area contributed by atoms with Gasteiger partial charge in [-0.1, -0.05) is 26.0 Å². The van der Waals surface area contributed by atoms with E-state index in [-0.39, 0.29) is 34.6 Å². The Morgan fingerprint density at radius 1 is 1.18 bits per heavy atom. The number of fused-ring (bicyclic) bond motifs is 5. The van der Waals surface area contributed by atoms with Crippen molar-refractivity contribution in [2.24, 2.45) is 28.6 Å². The summed E-state index contributed by atoms with van der Waals surface area (Å²) in [5.41, 5.74) is 0.819. The van der Waals surface area contributed by atoms with Gasteiger partial charge in [-0.05, 0) is 68.8 Å². The van der Waals surface area contributed by atoms with Gasteiger partial charge >= 0.3 is 6.48 Å². The molecule has 3 fully saturated rings. The fourth-order valence-electron chi connectivity index (χ4n) is 6.62. The minimum absolute atomic E-state index is 0.0197. The first-order valence-electron chi connectivity index (χ1n) is 10.6. The zero-order chi connectivity index (χ0) is 20.3. The second-order valence-corrected chi connectivity index (χ2v) is 9.77. The van der Waals surface area contributed by atoms with Crippen molar-refractivity contribution in [3.05, 3.63) is 24.0 Å². The van der Waals surface area contributed by atoms with Crippen molar-refractivity contribution < 1.29 is 24.2 Å². The van der Waals surface area contributed by atoms with Crippen LogP contribution in [0.15, 0.2) is 24.0 Å². The number of ether oxygens (including phenoxy) is 2. The van der Waals surface area contributed by atoms with Crippen LogP contribution in [0.5, 0.6) is 0 Å². The van der Waals surface area contributed by atoms with E-state index in [4.69, 9.17) is 9.47 Å². The van der Waals surface area contributed by atoms with Gasteiger partial charge < -0.3 is 14.6 Å². The lowest BCUT2D eigenvalue weighted by molar-refractivity contribution is -0.268. The van der Waals surface area contributed by atoms with E-state index < -0.39 is 6.48 Å². The highest BCUT2D eigenvalue weighted by Gasteiger charge is 2.61. The van der Waals surface area contributed by atoms with Crippen molar-refractivity contribution in [1.29, 1.82) is 0 Å². The molecule has 0 aromatic rings. The van der Waals surface area contributed by atoms with Crippen LogP contribution in [0.2, 0.25) is 0 Å². The van der Waals surface area contributed by atoms with E-state index in [1.807, 2.05) is 6.08 Å². The number of Topliss-reactive ketones (excluding diaryl/α,β-unsaturated/α-hetero) is 1. The number of rotatable bonds is 4. The molecule has 4 aliphatic carbocycles. The van der Waals surface area contributed by atoms with E-state index in [1.54, 1.807) is 6.92 Å². The fraction of sp³-hybridized carbons (Fsp3) is 0.739. The van der Waals surface area contributed by atoms with Gasteiger partial charge in [-0.3, -0.25) is 9.59 Å². The third-order valence-corrected chi connectivity index (χ3v) is 8.22. The number of allylic oxidation sites excluding steroid dienone is 2. The van der Waals surface area contributed by atoms with Crippen molar-refractivity contribution >= 4 is 11.6 Å². The van der Waals surface area contributed by atoms with Gasteiger partial charge in [0.1, 0.15) is 5.78 Å². The highest BCUT2D eigenvalue weighted by Crippen LogP contribution is 2.63. The summed E-state index contributed by atoms with van der Waals surface area (Å²) in [5.74, 6) is 1.44. The molecule has 0 amide bonds. The standard InChI is InChI=1S/C23H32O5/c1-13(2)27-21(26)28-15-7-9-22(3)14(11-15)12-18(24)20-16-5-6-19(25)23(16,4)10-8-17(20)22/h12,15-17,20-21,26H,1,5-11H2,2-4H3/t15-,16?,17?,20?,21?,22-,23-/m0/s1. The van der Waals surface area contributed by atoms with Crippen LogP contribution in [0, 0.1) is 28.6 Å². The molecule has 3 saturated carbocycles. The van der Waals surface area contributed by atoms with Gasteiger partial charge in [0.15, 0.2) is 5.78 Å². The maximum atomic E-state index is 13.2. The van der Waals surface area contributed by atoms with Gasteiger partial charge in [0, 0.05) is 17.8 Å². The molecule has 0 aromatic carbocycles. The third kappa shape index (κ3) is 2.98. The van der Waals surface area contributed by atoms with Crippen molar-refractivity contribution in [2.45, 2.75) is 78.3 Å². The topological polar surface area (TPSA) is 72.8 Å². The molecule has 4 aliphatic rings. The highest BCUT2D eigenvalue weighted by molar-refractivity contribution is 5.96. The number of ketones is 2. The number of hydrogen-bond acceptors (Lipinski definition) is 5. The lowest BCUT2D eigenvalue weighted by atomic mass is 9.48. The normalized spacial score (nSPS) is 43.5. The van der Waals surface area contributed by atoms with Gasteiger partial charge in [0.25, 0.3) is 0 Å². The first-order valence-corrected chi connectivity index (χ1v) is 10.6. The minimum Gasteiger partial charge on any atom is -0.447 e. The molecular formula is C23H32O5. The van der Waals surface area contributed by atoms with Crippen LogP contribution in [0.1, 0.15) is 65.7 Å². The van der Waals surface area contributed by atoms with Crippen LogP contribution in [-0.4, -0.2) is 29.3 Å². The summed E-state index contributed by atoms with van der Waals surface area (Å²) in [6.07, 6.45) is 7.39. The zero-order valence-electron chi connectivity index (χ0n) is 17.2. The number of carbonyl (C=O) groups excluding carboxylic acids is 2. The minimum atomic E-state index is -1.32. The summed E-state index contributed by atoms with van der Waals surface area (Å²) in [6, 6.07) is 0. The molecule has 0 spiro atoms. The summed E-state index contributed by atoms with van der Waals surface area (Å²) in [5, 5.41) is 9.90. The van der Waals surface area contributed by atoms with Crippen LogP contribution in [0.4, 0.5) is 0 Å². The van der Waals surface area contributed by atoms with Crippen LogP contribution < -0.4 is 0 Å². The molecule has 0 heterocycles. The van der Waals surface area contributed by atoms with E-state index in [2.05, 4.69) is 20.4 Å². The van der Waals surface area contributed by atoms with Gasteiger partial charge in [0.2, 0.25) is 0 Å². The molecule has 0 bridgehead atoms. The van der Waals surface area contributed by atoms with Crippen LogP contribution >= 0.6 is 0 Å². The Kier molecular flexibility index (Phi) is 4.82. The average molecular weight is 389 g/mol. The molecule has 0 saturated heterocycles. The van der Waals surface area contributed by atoms with Crippen molar-refractivity contribution in [1.82, 2.24) is 0 Å². The molecule has 0 aliphatic heterocycles. The number of hydrogen-bond donors (Lipinski definition) is 1. The molecule has 154 valence electrons. The lowest BCUT2D eigenvalue weighted by Crippen LogP contribution is -2.53. The summed E-state index contributed by atoms with van der Waals surface area (Å²) < 4.78 is 10.8. The summed E-state index contributed by atoms with van der Waals surface area (Å²) in [6.45, 7) is 8.34. The van der Waals surface area contributed by atoms with Gasteiger partial charge in [-0.15, -0.1) is 0 Å². The van der Waals surface area contributed by atoms with Crippen LogP contribution in [0.3, 0.4) is 0 Å². The van der Waals surface area contributed by atoms with E-state index in [9.17, 15) is 14.7 Å². The molecular weight excluding hydrogens is 356 g/mol. The van der Waals surface area contributed by atoms with Crippen LogP contribution in [0.25, 0.3) is 0 Å². The monoisotopic (exact) mass is 388 g/mol. The Balaban J connectivity index is 1.56. The Bertz CT molecular complexity index is 739. The Hall–Kier alpha value is -1.46. The number of aliphatic hydroxyl groups excluding tert-OH is 1. The number of carbonyl (C=O) groups is 2. The molecule has 28 heavy (non-hydrogen) atoms. The maximum absolute atomic E-state index is 13.2. The average Bonchev–Trinajstić information content (AvgIpc) is 2.91. The molecule has 7 atom stereocenters. The summed E-state index contributed by atoms with van der Waals surface area (Å²) in [7, 11) is 0. The Morgan fingerprint density at radius 2 is 1.86 bits per heavy atom. The van der Waals surface area contributed by atoms with Gasteiger partial charge in [-0.2, -0.15) is 0 Å². The van der Waals surface area contributed by atoms with Crippen molar-refractivity contribution in [3.63, 3.8) is 0 Å². The first-order chi connectivity index (χ1) is 13.1. The maximum Gasteiger partial charge on any atom is 0.313 e. The fourth-order valence-corrected chi connectivity index (χ4v) is 6.62. The summed E-state index contributed by atoms with van der Waals surface area (Å²) >= 11 is 0. The zero-order valence-corrected chi connectivity index (χ0v) is 17.2. The largest absolute Gasteiger partial charge is 0.447 e. The quantitative estimate of drug-likeness (QED) is 0.584. The Labute approximate surface area is 167 Å². The van der Waals surface area contributed by atoms with E-state index >= 15 is 0 Å². The molecule has 1 N–H and O–H groups in total. The molecule has 5 heteroatoms. The smallest absolute Gasteiger partial charge is 0.313 e. The molecule has 4 rings (SSSR count). The predicted octanol–water partition coefficient (Wildman–Crippen LogP) is 3.91.